The van der Waals surface area contributed by atoms with E-state index in [-0.39, 0.29) is 24.0 Å². The maximum absolute atomic E-state index is 14.5. The first-order chi connectivity index (χ1) is 21.3. The SMILES string of the molecule is Cc1c(CO)oc2ccc(S(=O)(=O)N(CCc3ccccc3)c3ccccc3N3CCN(C(=O)c4sccc4Br)CC3)cc12. The zero-order valence-corrected chi connectivity index (χ0v) is 27.4. The third-order valence-electron chi connectivity index (χ3n) is 8.05. The van der Waals surface area contributed by atoms with E-state index in [1.54, 1.807) is 18.2 Å². The lowest BCUT2D eigenvalue weighted by Gasteiger charge is -2.38. The van der Waals surface area contributed by atoms with Crippen molar-refractivity contribution in [2.24, 2.45) is 0 Å². The molecule has 3 aromatic carbocycles. The molecule has 228 valence electrons. The molecule has 8 nitrogen and oxygen atoms in total. The number of furan rings is 1. The summed E-state index contributed by atoms with van der Waals surface area (Å²) in [5.41, 5.74) is 3.67. The highest BCUT2D eigenvalue weighted by Gasteiger charge is 2.31. The van der Waals surface area contributed by atoms with E-state index in [1.165, 1.54) is 15.6 Å². The molecule has 0 aliphatic carbocycles. The number of thiophene rings is 1. The van der Waals surface area contributed by atoms with Gasteiger partial charge in [-0.05, 0) is 76.6 Å². The van der Waals surface area contributed by atoms with Gasteiger partial charge in [0.15, 0.2) is 0 Å². The van der Waals surface area contributed by atoms with Crippen LogP contribution in [0.3, 0.4) is 0 Å². The molecule has 44 heavy (non-hydrogen) atoms. The minimum absolute atomic E-state index is 0.00108. The van der Waals surface area contributed by atoms with Crippen molar-refractivity contribution < 1.29 is 22.7 Å². The van der Waals surface area contributed by atoms with Crippen LogP contribution in [0.1, 0.15) is 26.6 Å². The normalized spacial score (nSPS) is 13.9. The number of aryl methyl sites for hydroxylation is 1. The van der Waals surface area contributed by atoms with Crippen LogP contribution < -0.4 is 9.21 Å². The number of nitrogens with zero attached hydrogens (tertiary/aromatic N) is 3. The summed E-state index contributed by atoms with van der Waals surface area (Å²) >= 11 is 4.89. The van der Waals surface area contributed by atoms with Gasteiger partial charge in [0.1, 0.15) is 22.8 Å². The van der Waals surface area contributed by atoms with Crippen LogP contribution in [-0.2, 0) is 23.1 Å². The third-order valence-corrected chi connectivity index (χ3v) is 11.7. The fraction of sp³-hybridized carbons (Fsp3) is 0.242. The van der Waals surface area contributed by atoms with Crippen LogP contribution >= 0.6 is 27.3 Å². The number of aliphatic hydroxyl groups is 1. The van der Waals surface area contributed by atoms with Gasteiger partial charge in [0.25, 0.3) is 15.9 Å². The molecule has 6 rings (SSSR count). The maximum Gasteiger partial charge on any atom is 0.265 e. The number of halogens is 1. The first-order valence-electron chi connectivity index (χ1n) is 14.3. The van der Waals surface area contributed by atoms with E-state index < -0.39 is 10.0 Å². The van der Waals surface area contributed by atoms with Crippen LogP contribution in [0.4, 0.5) is 11.4 Å². The molecule has 3 heterocycles. The summed E-state index contributed by atoms with van der Waals surface area (Å²) in [5, 5.41) is 12.2. The van der Waals surface area contributed by atoms with E-state index in [0.717, 1.165) is 21.3 Å². The summed E-state index contributed by atoms with van der Waals surface area (Å²) in [6.45, 7) is 3.99. The number of rotatable bonds is 9. The highest BCUT2D eigenvalue weighted by molar-refractivity contribution is 9.10. The molecule has 0 atom stereocenters. The summed E-state index contributed by atoms with van der Waals surface area (Å²) in [5.74, 6) is 0.422. The van der Waals surface area contributed by atoms with Crippen LogP contribution in [0.25, 0.3) is 11.0 Å². The number of aliphatic hydroxyl groups excluding tert-OH is 1. The van der Waals surface area contributed by atoms with Gasteiger partial charge in [0.05, 0.1) is 16.3 Å². The molecule has 0 radical (unpaired) electrons. The third kappa shape index (κ3) is 5.89. The van der Waals surface area contributed by atoms with Gasteiger partial charge in [-0.1, -0.05) is 42.5 Å². The van der Waals surface area contributed by atoms with Crippen molar-refractivity contribution in [1.29, 1.82) is 0 Å². The minimum Gasteiger partial charge on any atom is -0.458 e. The number of anilines is 2. The van der Waals surface area contributed by atoms with Gasteiger partial charge in [-0.3, -0.25) is 9.10 Å². The molecule has 1 amide bonds. The number of carbonyl (C=O) groups is 1. The molecule has 1 N–H and O–H groups in total. The van der Waals surface area contributed by atoms with Crippen molar-refractivity contribution in [3.8, 4) is 0 Å². The van der Waals surface area contributed by atoms with Crippen molar-refractivity contribution in [3.05, 3.63) is 110 Å². The zero-order valence-electron chi connectivity index (χ0n) is 24.1. The first kappa shape index (κ1) is 30.4. The number of fused-ring (bicyclic) bond motifs is 1. The lowest BCUT2D eigenvalue weighted by atomic mass is 10.1. The molecule has 1 aliphatic rings. The summed E-state index contributed by atoms with van der Waals surface area (Å²) in [7, 11) is -4.02. The zero-order chi connectivity index (χ0) is 30.8. The van der Waals surface area contributed by atoms with Crippen molar-refractivity contribution >= 4 is 65.5 Å². The number of amides is 1. The Balaban J connectivity index is 1.34. The standard InChI is InChI=1S/C33H32BrN3O5S2/c1-23-26-21-25(11-12-30(26)42-31(23)22-38)44(40,41)37(15-13-24-7-3-2-4-8-24)29-10-6-5-9-28(29)35-16-18-36(19-17-35)33(39)32-27(34)14-20-43-32/h2-12,14,20-21,38H,13,15-19,22H2,1H3. The van der Waals surface area contributed by atoms with Crippen LogP contribution in [-0.4, -0.2) is 57.1 Å². The number of hydrogen-bond donors (Lipinski definition) is 1. The van der Waals surface area contributed by atoms with Crippen LogP contribution in [0, 0.1) is 6.92 Å². The largest absolute Gasteiger partial charge is 0.458 e. The molecule has 1 aliphatic heterocycles. The molecule has 0 bridgehead atoms. The number of piperazine rings is 1. The Morgan fingerprint density at radius 2 is 1.73 bits per heavy atom. The van der Waals surface area contributed by atoms with E-state index >= 15 is 0 Å². The fourth-order valence-electron chi connectivity index (χ4n) is 5.62. The molecule has 2 aromatic heterocycles. The van der Waals surface area contributed by atoms with Gasteiger partial charge in [-0.25, -0.2) is 8.42 Å². The van der Waals surface area contributed by atoms with E-state index in [2.05, 4.69) is 20.8 Å². The Morgan fingerprint density at radius 1 is 1.00 bits per heavy atom. The summed E-state index contributed by atoms with van der Waals surface area (Å²) in [6, 6.07) is 24.1. The lowest BCUT2D eigenvalue weighted by Crippen LogP contribution is -2.49. The lowest BCUT2D eigenvalue weighted by molar-refractivity contribution is 0.0751. The Labute approximate surface area is 269 Å². The molecule has 1 fully saturated rings. The van der Waals surface area contributed by atoms with Crippen molar-refractivity contribution in [1.82, 2.24) is 4.90 Å². The second-order valence-electron chi connectivity index (χ2n) is 10.6. The van der Waals surface area contributed by atoms with E-state index in [9.17, 15) is 18.3 Å². The fourth-order valence-corrected chi connectivity index (χ4v) is 8.63. The topological polar surface area (TPSA) is 94.3 Å². The van der Waals surface area contributed by atoms with Crippen LogP contribution in [0.2, 0.25) is 0 Å². The summed E-state index contributed by atoms with van der Waals surface area (Å²) < 4.78 is 37.0. The Morgan fingerprint density at radius 3 is 2.43 bits per heavy atom. The van der Waals surface area contributed by atoms with E-state index in [0.29, 0.717) is 59.9 Å². The number of para-hydroxylation sites is 2. The monoisotopic (exact) mass is 693 g/mol. The van der Waals surface area contributed by atoms with Crippen molar-refractivity contribution in [2.45, 2.75) is 24.8 Å². The van der Waals surface area contributed by atoms with Crippen molar-refractivity contribution in [2.75, 3.05) is 41.9 Å². The van der Waals surface area contributed by atoms with Gasteiger partial charge in [0, 0.05) is 48.1 Å². The first-order valence-corrected chi connectivity index (χ1v) is 17.4. The highest BCUT2D eigenvalue weighted by Crippen LogP contribution is 2.36. The van der Waals surface area contributed by atoms with Gasteiger partial charge in [-0.2, -0.15) is 0 Å². The van der Waals surface area contributed by atoms with Gasteiger partial charge < -0.3 is 19.3 Å². The second kappa shape index (κ2) is 12.8. The second-order valence-corrected chi connectivity index (χ2v) is 14.3. The average Bonchev–Trinajstić information content (AvgIpc) is 3.63. The molecule has 0 spiro atoms. The van der Waals surface area contributed by atoms with Crippen molar-refractivity contribution in [3.63, 3.8) is 0 Å². The average molecular weight is 695 g/mol. The Kier molecular flexibility index (Phi) is 8.82. The molecule has 1 saturated heterocycles. The summed E-state index contributed by atoms with van der Waals surface area (Å²) in [6.07, 6.45) is 0.522. The molecule has 0 saturated carbocycles. The predicted octanol–water partition coefficient (Wildman–Crippen LogP) is 6.46. The predicted molar refractivity (Wildman–Crippen MR) is 178 cm³/mol. The van der Waals surface area contributed by atoms with E-state index in [1.807, 2.05) is 77.9 Å². The smallest absolute Gasteiger partial charge is 0.265 e. The molecule has 0 unspecified atom stereocenters. The molecule has 11 heteroatoms. The van der Waals surface area contributed by atoms with Gasteiger partial charge in [-0.15, -0.1) is 11.3 Å². The van der Waals surface area contributed by atoms with E-state index in [4.69, 9.17) is 4.42 Å². The van der Waals surface area contributed by atoms with Gasteiger partial charge in [0.2, 0.25) is 0 Å². The molecular formula is C33H32BrN3O5S2. The summed E-state index contributed by atoms with van der Waals surface area (Å²) in [4.78, 5) is 18.0. The Hall–Kier alpha value is -3.64. The quantitative estimate of drug-likeness (QED) is 0.191. The Bertz CT molecular complexity index is 1900. The van der Waals surface area contributed by atoms with Gasteiger partial charge >= 0.3 is 0 Å². The maximum atomic E-state index is 14.5. The number of sulfonamides is 1. The van der Waals surface area contributed by atoms with Crippen LogP contribution in [0.5, 0.6) is 0 Å². The minimum atomic E-state index is -4.02. The highest BCUT2D eigenvalue weighted by atomic mass is 79.9. The van der Waals surface area contributed by atoms with Crippen LogP contribution in [0.15, 0.2) is 98.0 Å². The number of carbonyl (C=O) groups excluding carboxylic acids is 1. The number of hydrogen-bond acceptors (Lipinski definition) is 7. The molecular weight excluding hydrogens is 662 g/mol. The number of benzene rings is 3. The molecule has 5 aromatic rings.